The molecule has 0 bridgehead atoms. The Morgan fingerprint density at radius 3 is 2.50 bits per heavy atom. The zero-order chi connectivity index (χ0) is 15.0. The molecule has 110 valence electrons. The van der Waals surface area contributed by atoms with Crippen LogP contribution in [0.5, 0.6) is 5.75 Å². The standard InChI is InChI=1S/C15H21NO4/c1-11(17)10-16-15(19)4-3-9-20-14-7-5-13(6-8-14)12(2)18/h5-8,11,17H,3-4,9-10H2,1-2H3,(H,16,19)/t11-/m1/s1. The Morgan fingerprint density at radius 2 is 1.95 bits per heavy atom. The van der Waals surface area contributed by atoms with Crippen LogP contribution in [0.25, 0.3) is 0 Å². The van der Waals surface area contributed by atoms with Gasteiger partial charge in [0.2, 0.25) is 5.91 Å². The Kier molecular flexibility index (Phi) is 6.73. The van der Waals surface area contributed by atoms with E-state index in [2.05, 4.69) is 5.32 Å². The van der Waals surface area contributed by atoms with Crippen molar-refractivity contribution in [2.24, 2.45) is 0 Å². The summed E-state index contributed by atoms with van der Waals surface area (Å²) in [5, 5.41) is 11.6. The number of hydrogen-bond donors (Lipinski definition) is 2. The van der Waals surface area contributed by atoms with Crippen LogP contribution in [0, 0.1) is 0 Å². The molecule has 0 aliphatic carbocycles. The molecule has 0 radical (unpaired) electrons. The molecule has 1 aromatic carbocycles. The van der Waals surface area contributed by atoms with Crippen molar-refractivity contribution < 1.29 is 19.4 Å². The van der Waals surface area contributed by atoms with Gasteiger partial charge in [-0.15, -0.1) is 0 Å². The van der Waals surface area contributed by atoms with Crippen molar-refractivity contribution in [2.75, 3.05) is 13.2 Å². The maximum atomic E-state index is 11.4. The molecule has 0 aliphatic rings. The molecule has 0 heterocycles. The van der Waals surface area contributed by atoms with Crippen LogP contribution in [0.3, 0.4) is 0 Å². The van der Waals surface area contributed by atoms with Crippen LogP contribution in [0.15, 0.2) is 24.3 Å². The normalized spacial score (nSPS) is 11.8. The van der Waals surface area contributed by atoms with Crippen LogP contribution in [-0.2, 0) is 4.79 Å². The van der Waals surface area contributed by atoms with E-state index in [0.717, 1.165) is 0 Å². The van der Waals surface area contributed by atoms with Gasteiger partial charge in [-0.2, -0.15) is 0 Å². The van der Waals surface area contributed by atoms with Gasteiger partial charge in [-0.25, -0.2) is 0 Å². The molecule has 2 N–H and O–H groups in total. The summed E-state index contributed by atoms with van der Waals surface area (Å²) in [5.74, 6) is 0.604. The Hall–Kier alpha value is -1.88. The lowest BCUT2D eigenvalue weighted by molar-refractivity contribution is -0.121. The van der Waals surface area contributed by atoms with Crippen molar-refractivity contribution in [3.8, 4) is 5.75 Å². The molecule has 0 saturated heterocycles. The lowest BCUT2D eigenvalue weighted by Gasteiger charge is -2.08. The zero-order valence-electron chi connectivity index (χ0n) is 11.9. The number of nitrogens with one attached hydrogen (secondary N) is 1. The summed E-state index contributed by atoms with van der Waals surface area (Å²) < 4.78 is 5.48. The molecular formula is C15H21NO4. The highest BCUT2D eigenvalue weighted by Crippen LogP contribution is 2.12. The largest absolute Gasteiger partial charge is 0.494 e. The number of amides is 1. The van der Waals surface area contributed by atoms with E-state index in [-0.39, 0.29) is 18.2 Å². The number of aliphatic hydroxyl groups is 1. The molecule has 0 aliphatic heterocycles. The number of ether oxygens (including phenoxy) is 1. The number of benzene rings is 1. The first-order chi connectivity index (χ1) is 9.49. The first kappa shape index (κ1) is 16.2. The van der Waals surface area contributed by atoms with Crippen LogP contribution in [-0.4, -0.2) is 36.1 Å². The van der Waals surface area contributed by atoms with Gasteiger partial charge in [-0.3, -0.25) is 9.59 Å². The number of ketones is 1. The summed E-state index contributed by atoms with van der Waals surface area (Å²) in [6, 6.07) is 6.91. The summed E-state index contributed by atoms with van der Waals surface area (Å²) in [6.07, 6.45) is 0.424. The first-order valence-corrected chi connectivity index (χ1v) is 6.67. The van der Waals surface area contributed by atoms with Gasteiger partial charge < -0.3 is 15.2 Å². The molecule has 0 saturated carbocycles. The van der Waals surface area contributed by atoms with E-state index in [9.17, 15) is 9.59 Å². The number of aliphatic hydroxyl groups excluding tert-OH is 1. The third kappa shape index (κ3) is 6.33. The third-order valence-corrected chi connectivity index (χ3v) is 2.67. The molecule has 5 nitrogen and oxygen atoms in total. The molecular weight excluding hydrogens is 258 g/mol. The Balaban J connectivity index is 2.21. The fraction of sp³-hybridized carbons (Fsp3) is 0.467. The lowest BCUT2D eigenvalue weighted by atomic mass is 10.1. The van der Waals surface area contributed by atoms with E-state index in [1.54, 1.807) is 31.2 Å². The number of rotatable bonds is 8. The van der Waals surface area contributed by atoms with Gasteiger partial charge in [-0.05, 0) is 44.5 Å². The highest BCUT2D eigenvalue weighted by atomic mass is 16.5. The second-order valence-corrected chi connectivity index (χ2v) is 4.69. The van der Waals surface area contributed by atoms with Gasteiger partial charge in [0, 0.05) is 18.5 Å². The summed E-state index contributed by atoms with van der Waals surface area (Å²) in [4.78, 5) is 22.5. The van der Waals surface area contributed by atoms with Crippen molar-refractivity contribution in [2.45, 2.75) is 32.8 Å². The summed E-state index contributed by atoms with van der Waals surface area (Å²) in [6.45, 7) is 3.84. The number of carbonyl (C=O) groups excluding carboxylic acids is 2. The fourth-order valence-corrected chi connectivity index (χ4v) is 1.56. The van der Waals surface area contributed by atoms with Crippen molar-refractivity contribution in [1.82, 2.24) is 5.32 Å². The number of carbonyl (C=O) groups is 2. The highest BCUT2D eigenvalue weighted by Gasteiger charge is 2.03. The molecule has 1 aromatic rings. The molecule has 0 spiro atoms. The van der Waals surface area contributed by atoms with Gasteiger partial charge in [0.1, 0.15) is 5.75 Å². The van der Waals surface area contributed by atoms with Crippen LogP contribution >= 0.6 is 0 Å². The predicted molar refractivity (Wildman–Crippen MR) is 75.9 cm³/mol. The van der Waals surface area contributed by atoms with Gasteiger partial charge in [0.15, 0.2) is 5.78 Å². The summed E-state index contributed by atoms with van der Waals surface area (Å²) in [5.41, 5.74) is 0.648. The average molecular weight is 279 g/mol. The lowest BCUT2D eigenvalue weighted by Crippen LogP contribution is -2.30. The number of hydrogen-bond acceptors (Lipinski definition) is 4. The van der Waals surface area contributed by atoms with Crippen molar-refractivity contribution in [3.63, 3.8) is 0 Å². The number of Topliss-reactive ketones (excluding diaryl/α,β-unsaturated/α-hetero) is 1. The minimum absolute atomic E-state index is 0.0198. The van der Waals surface area contributed by atoms with E-state index >= 15 is 0 Å². The minimum atomic E-state index is -0.532. The Labute approximate surface area is 118 Å². The third-order valence-electron chi connectivity index (χ3n) is 2.67. The van der Waals surface area contributed by atoms with Crippen LogP contribution in [0.4, 0.5) is 0 Å². The van der Waals surface area contributed by atoms with Crippen molar-refractivity contribution >= 4 is 11.7 Å². The van der Waals surface area contributed by atoms with Gasteiger partial charge in [0.25, 0.3) is 0 Å². The van der Waals surface area contributed by atoms with Crippen molar-refractivity contribution in [3.05, 3.63) is 29.8 Å². The van der Waals surface area contributed by atoms with Gasteiger partial charge in [0.05, 0.1) is 12.7 Å². The molecule has 20 heavy (non-hydrogen) atoms. The molecule has 1 atom stereocenters. The molecule has 1 rings (SSSR count). The van der Waals surface area contributed by atoms with E-state index in [1.165, 1.54) is 6.92 Å². The molecule has 0 unspecified atom stereocenters. The highest BCUT2D eigenvalue weighted by molar-refractivity contribution is 5.94. The minimum Gasteiger partial charge on any atom is -0.494 e. The summed E-state index contributed by atoms with van der Waals surface area (Å²) in [7, 11) is 0. The smallest absolute Gasteiger partial charge is 0.220 e. The monoisotopic (exact) mass is 279 g/mol. The first-order valence-electron chi connectivity index (χ1n) is 6.67. The Bertz CT molecular complexity index is 440. The van der Waals surface area contributed by atoms with Crippen LogP contribution < -0.4 is 10.1 Å². The van der Waals surface area contributed by atoms with E-state index in [4.69, 9.17) is 9.84 Å². The van der Waals surface area contributed by atoms with Crippen LogP contribution in [0.1, 0.15) is 37.0 Å². The molecule has 0 fully saturated rings. The zero-order valence-corrected chi connectivity index (χ0v) is 11.9. The second kappa shape index (κ2) is 8.32. The Morgan fingerprint density at radius 1 is 1.30 bits per heavy atom. The average Bonchev–Trinajstić information content (AvgIpc) is 2.42. The van der Waals surface area contributed by atoms with E-state index in [0.29, 0.717) is 30.8 Å². The van der Waals surface area contributed by atoms with Gasteiger partial charge in [-0.1, -0.05) is 0 Å². The second-order valence-electron chi connectivity index (χ2n) is 4.69. The molecule has 1 amide bonds. The van der Waals surface area contributed by atoms with E-state index in [1.807, 2.05) is 0 Å². The molecule has 5 heteroatoms. The SMILES string of the molecule is CC(=O)c1ccc(OCCCC(=O)NC[C@@H](C)O)cc1. The maximum absolute atomic E-state index is 11.4. The summed E-state index contributed by atoms with van der Waals surface area (Å²) >= 11 is 0. The predicted octanol–water partition coefficient (Wildman–Crippen LogP) is 1.55. The molecule has 0 aromatic heterocycles. The fourth-order valence-electron chi connectivity index (χ4n) is 1.56. The topological polar surface area (TPSA) is 75.6 Å². The maximum Gasteiger partial charge on any atom is 0.220 e. The van der Waals surface area contributed by atoms with Crippen LogP contribution in [0.2, 0.25) is 0 Å². The quantitative estimate of drug-likeness (QED) is 0.559. The van der Waals surface area contributed by atoms with Gasteiger partial charge >= 0.3 is 0 Å². The van der Waals surface area contributed by atoms with E-state index < -0.39 is 6.10 Å². The van der Waals surface area contributed by atoms with Crippen molar-refractivity contribution in [1.29, 1.82) is 0 Å².